The quantitative estimate of drug-likeness (QED) is 0.852. The summed E-state index contributed by atoms with van der Waals surface area (Å²) in [5.41, 5.74) is 0. The number of hydrogen-bond donors (Lipinski definition) is 2. The molecule has 8 heteroatoms. The molecule has 3 heterocycles. The van der Waals surface area contributed by atoms with Crippen molar-refractivity contribution in [2.45, 2.75) is 25.4 Å². The van der Waals surface area contributed by atoms with Crippen LogP contribution in [0.25, 0.3) is 0 Å². The van der Waals surface area contributed by atoms with Crippen molar-refractivity contribution in [3.8, 4) is 0 Å². The highest BCUT2D eigenvalue weighted by Gasteiger charge is 2.26. The maximum atomic E-state index is 11.4. The molecule has 2 N–H and O–H groups in total. The van der Waals surface area contributed by atoms with Crippen LogP contribution in [0.2, 0.25) is 0 Å². The maximum Gasteiger partial charge on any atom is 0.229 e. The molecule has 0 bridgehead atoms. The Bertz CT molecular complexity index is 642. The average molecular weight is 335 g/mol. The topological polar surface area (TPSA) is 83.3 Å². The van der Waals surface area contributed by atoms with Crippen molar-refractivity contribution in [1.82, 2.24) is 25.7 Å². The molecule has 1 saturated heterocycles. The largest absolute Gasteiger partial charge is 0.348 e. The molecule has 2 aromatic rings. The summed E-state index contributed by atoms with van der Waals surface area (Å²) in [6.45, 7) is 4.26. The van der Waals surface area contributed by atoms with Gasteiger partial charge in [0, 0.05) is 31.4 Å². The first-order chi connectivity index (χ1) is 11.1. The van der Waals surface area contributed by atoms with Gasteiger partial charge in [0.05, 0.1) is 18.5 Å². The van der Waals surface area contributed by atoms with Crippen molar-refractivity contribution in [2.75, 3.05) is 26.7 Å². The summed E-state index contributed by atoms with van der Waals surface area (Å²) in [7, 11) is 2.06. The summed E-state index contributed by atoms with van der Waals surface area (Å²) in [6.07, 6.45) is 0.497. The second-order valence-electron chi connectivity index (χ2n) is 5.72. The van der Waals surface area contributed by atoms with Crippen molar-refractivity contribution < 1.29 is 9.32 Å². The van der Waals surface area contributed by atoms with Crippen molar-refractivity contribution in [3.63, 3.8) is 0 Å². The monoisotopic (exact) mass is 335 g/mol. The van der Waals surface area contributed by atoms with Crippen molar-refractivity contribution in [3.05, 3.63) is 34.1 Å². The standard InChI is InChI=1S/C15H21N5O2S/c1-10(21)17-11(13-4-3-7-23-13)8-14-18-15(19-22-14)12-9-16-5-6-20(12)2/h3-4,7,11-12,16H,5-6,8-9H2,1-2H3,(H,17,21). The van der Waals surface area contributed by atoms with E-state index in [-0.39, 0.29) is 18.0 Å². The van der Waals surface area contributed by atoms with Gasteiger partial charge in [0.2, 0.25) is 11.8 Å². The van der Waals surface area contributed by atoms with Crippen LogP contribution in [-0.2, 0) is 11.2 Å². The molecule has 2 unspecified atom stereocenters. The molecule has 1 aliphatic rings. The minimum absolute atomic E-state index is 0.0700. The molecule has 3 rings (SSSR count). The van der Waals surface area contributed by atoms with E-state index < -0.39 is 0 Å². The second-order valence-corrected chi connectivity index (χ2v) is 6.70. The van der Waals surface area contributed by atoms with Gasteiger partial charge in [-0.3, -0.25) is 9.69 Å². The molecule has 0 aromatic carbocycles. The number of amides is 1. The average Bonchev–Trinajstić information content (AvgIpc) is 3.18. The number of thiophene rings is 1. The highest BCUT2D eigenvalue weighted by molar-refractivity contribution is 7.10. The van der Waals surface area contributed by atoms with Gasteiger partial charge in [-0.2, -0.15) is 4.98 Å². The lowest BCUT2D eigenvalue weighted by atomic mass is 10.1. The third-order valence-electron chi connectivity index (χ3n) is 3.94. The zero-order valence-corrected chi connectivity index (χ0v) is 14.1. The highest BCUT2D eigenvalue weighted by Crippen LogP contribution is 2.24. The molecule has 0 aliphatic carbocycles. The molecular weight excluding hydrogens is 314 g/mol. The minimum atomic E-state index is -0.136. The van der Waals surface area contributed by atoms with Crippen LogP contribution in [-0.4, -0.2) is 47.6 Å². The normalized spacial score (nSPS) is 20.3. The number of hydrogen-bond acceptors (Lipinski definition) is 7. The highest BCUT2D eigenvalue weighted by atomic mass is 32.1. The Kier molecular flexibility index (Phi) is 5.04. The lowest BCUT2D eigenvalue weighted by Crippen LogP contribution is -2.44. The molecule has 1 fully saturated rings. The van der Waals surface area contributed by atoms with E-state index in [4.69, 9.17) is 4.52 Å². The number of nitrogens with zero attached hydrogens (tertiary/aromatic N) is 3. The molecule has 2 aromatic heterocycles. The van der Waals surface area contributed by atoms with Crippen LogP contribution in [0, 0.1) is 0 Å². The van der Waals surface area contributed by atoms with Gasteiger partial charge >= 0.3 is 0 Å². The molecule has 1 amide bonds. The van der Waals surface area contributed by atoms with Gasteiger partial charge in [0.1, 0.15) is 0 Å². The van der Waals surface area contributed by atoms with E-state index in [1.54, 1.807) is 11.3 Å². The number of carbonyl (C=O) groups is 1. The fourth-order valence-corrected chi connectivity index (χ4v) is 3.49. The van der Waals surface area contributed by atoms with Gasteiger partial charge in [-0.15, -0.1) is 11.3 Å². The van der Waals surface area contributed by atoms with Crippen LogP contribution >= 0.6 is 11.3 Å². The van der Waals surface area contributed by atoms with Crippen molar-refractivity contribution in [1.29, 1.82) is 0 Å². The van der Waals surface area contributed by atoms with Crippen LogP contribution in [0.15, 0.2) is 22.0 Å². The Hall–Kier alpha value is -1.77. The fourth-order valence-electron chi connectivity index (χ4n) is 2.71. The van der Waals surface area contributed by atoms with Crippen molar-refractivity contribution >= 4 is 17.2 Å². The number of piperazine rings is 1. The number of likely N-dealkylation sites (N-methyl/N-ethyl adjacent to an activating group) is 1. The van der Waals surface area contributed by atoms with Gasteiger partial charge < -0.3 is 15.2 Å². The first-order valence-electron chi connectivity index (χ1n) is 7.67. The molecule has 0 saturated carbocycles. The molecular formula is C15H21N5O2S. The first-order valence-corrected chi connectivity index (χ1v) is 8.55. The Morgan fingerprint density at radius 3 is 3.22 bits per heavy atom. The van der Waals surface area contributed by atoms with E-state index in [0.29, 0.717) is 18.1 Å². The summed E-state index contributed by atoms with van der Waals surface area (Å²) in [5, 5.41) is 12.4. The summed E-state index contributed by atoms with van der Waals surface area (Å²) >= 11 is 1.60. The Morgan fingerprint density at radius 2 is 2.52 bits per heavy atom. The Labute approximate surface area is 139 Å². The van der Waals surface area contributed by atoms with Crippen LogP contribution in [0.4, 0.5) is 0 Å². The van der Waals surface area contributed by atoms with E-state index in [1.807, 2.05) is 17.5 Å². The lowest BCUT2D eigenvalue weighted by Gasteiger charge is -2.30. The zero-order valence-electron chi connectivity index (χ0n) is 13.3. The zero-order chi connectivity index (χ0) is 16.2. The number of rotatable bonds is 5. The molecule has 0 radical (unpaired) electrons. The number of nitrogens with one attached hydrogen (secondary N) is 2. The van der Waals surface area contributed by atoms with E-state index in [9.17, 15) is 4.79 Å². The van der Waals surface area contributed by atoms with Crippen molar-refractivity contribution in [2.24, 2.45) is 0 Å². The predicted octanol–water partition coefficient (Wildman–Crippen LogP) is 1.13. The molecule has 0 spiro atoms. The maximum absolute atomic E-state index is 11.4. The fraction of sp³-hybridized carbons (Fsp3) is 0.533. The minimum Gasteiger partial charge on any atom is -0.348 e. The number of carbonyl (C=O) groups excluding carboxylic acids is 1. The summed E-state index contributed by atoms with van der Waals surface area (Å²) < 4.78 is 5.41. The van der Waals surface area contributed by atoms with Gasteiger partial charge in [-0.1, -0.05) is 11.2 Å². The number of aromatic nitrogens is 2. The van der Waals surface area contributed by atoms with E-state index >= 15 is 0 Å². The smallest absolute Gasteiger partial charge is 0.229 e. The van der Waals surface area contributed by atoms with Gasteiger partial charge in [0.15, 0.2) is 5.82 Å². The van der Waals surface area contributed by atoms with Crippen LogP contribution in [0.1, 0.15) is 35.6 Å². The van der Waals surface area contributed by atoms with Gasteiger partial charge in [0.25, 0.3) is 0 Å². The molecule has 2 atom stereocenters. The van der Waals surface area contributed by atoms with Crippen LogP contribution in [0.3, 0.4) is 0 Å². The molecule has 124 valence electrons. The summed E-state index contributed by atoms with van der Waals surface area (Å²) in [4.78, 5) is 19.3. The first kappa shape index (κ1) is 16.1. The second kappa shape index (κ2) is 7.20. The van der Waals surface area contributed by atoms with Gasteiger partial charge in [-0.05, 0) is 18.5 Å². The van der Waals surface area contributed by atoms with E-state index in [2.05, 4.69) is 32.7 Å². The SMILES string of the molecule is CC(=O)NC(Cc1nc(C2CNCCN2C)no1)c1cccs1. The van der Waals surface area contributed by atoms with Gasteiger partial charge in [-0.25, -0.2) is 0 Å². The Morgan fingerprint density at radius 1 is 1.65 bits per heavy atom. The third-order valence-corrected chi connectivity index (χ3v) is 4.92. The third kappa shape index (κ3) is 3.95. The summed E-state index contributed by atoms with van der Waals surface area (Å²) in [5.74, 6) is 1.17. The lowest BCUT2D eigenvalue weighted by molar-refractivity contribution is -0.119. The molecule has 1 aliphatic heterocycles. The molecule has 23 heavy (non-hydrogen) atoms. The van der Waals surface area contributed by atoms with E-state index in [0.717, 1.165) is 24.5 Å². The molecule has 7 nitrogen and oxygen atoms in total. The summed E-state index contributed by atoms with van der Waals surface area (Å²) in [6, 6.07) is 3.96. The van der Waals surface area contributed by atoms with Crippen LogP contribution in [0.5, 0.6) is 0 Å². The van der Waals surface area contributed by atoms with E-state index in [1.165, 1.54) is 6.92 Å². The van der Waals surface area contributed by atoms with Crippen LogP contribution < -0.4 is 10.6 Å². The predicted molar refractivity (Wildman–Crippen MR) is 87.1 cm³/mol. The Balaban J connectivity index is 1.72.